The minimum Gasteiger partial charge on any atom is -0.194 e. The molecule has 0 aliphatic heterocycles. The second-order valence-electron chi connectivity index (χ2n) is 7.27. The minimum atomic E-state index is -7.56. The number of hydrogen-bond acceptors (Lipinski definition) is 0. The van der Waals surface area contributed by atoms with E-state index < -0.39 is 89.6 Å². The maximum absolute atomic E-state index is 14.4. The predicted octanol–water partition coefficient (Wildman–Crippen LogP) is 8.69. The Bertz CT molecular complexity index is 921. The van der Waals surface area contributed by atoms with Crippen LogP contribution in [0.1, 0.15) is 29.5 Å². The van der Waals surface area contributed by atoms with Crippen LogP contribution in [0.5, 0.6) is 0 Å². The topological polar surface area (TPSA) is 0 Å². The highest BCUT2D eigenvalue weighted by molar-refractivity contribution is 5.40. The van der Waals surface area contributed by atoms with Crippen LogP contribution in [0.25, 0.3) is 0 Å². The van der Waals surface area contributed by atoms with Crippen molar-refractivity contribution >= 4 is 0 Å². The van der Waals surface area contributed by atoms with Gasteiger partial charge in [0.05, 0.1) is 0 Å². The lowest BCUT2D eigenvalue weighted by molar-refractivity contribution is -0.400. The molecule has 0 unspecified atom stereocenters. The van der Waals surface area contributed by atoms with E-state index in [1.807, 2.05) is 0 Å². The Morgan fingerprint density at radius 3 is 1.28 bits per heavy atom. The molecule has 0 heterocycles. The monoisotopic (exact) mass is 569 g/mol. The Hall–Kier alpha value is -2.04. The average Bonchev–Trinajstić information content (AvgIpc) is 2.69. The summed E-state index contributed by atoms with van der Waals surface area (Å²) in [6.07, 6.45) is -16.4. The van der Waals surface area contributed by atoms with Crippen molar-refractivity contribution in [3.8, 4) is 0 Å². The molecule has 0 aliphatic rings. The molecule has 0 atom stereocenters. The highest BCUT2D eigenvalue weighted by Gasteiger charge is 2.83. The Kier molecular flexibility index (Phi) is 8.05. The van der Waals surface area contributed by atoms with E-state index in [1.54, 1.807) is 0 Å². The standard InChI is InChI=1S/C18H11F18/c1-2-3-4-8-5-6-9(11(19,20)13(23,24)15(27,28)17(31,32)33)7-10(8)12(21,22)14(25,26)16(29,30)18(34,35)36/h5-7H,1-4H2. The van der Waals surface area contributed by atoms with Crippen LogP contribution >= 0.6 is 0 Å². The molecule has 1 aromatic carbocycles. The van der Waals surface area contributed by atoms with Gasteiger partial charge in [-0.05, 0) is 24.5 Å². The molecule has 1 aromatic rings. The maximum Gasteiger partial charge on any atom is 0.460 e. The normalized spacial score (nSPS) is 15.4. The lowest BCUT2D eigenvalue weighted by Gasteiger charge is -2.36. The van der Waals surface area contributed by atoms with E-state index in [-0.39, 0.29) is 12.5 Å². The zero-order valence-corrected chi connectivity index (χ0v) is 16.9. The molecule has 0 N–H and O–H groups in total. The molecule has 0 spiro atoms. The lowest BCUT2D eigenvalue weighted by atomic mass is 9.87. The number of hydrogen-bond donors (Lipinski definition) is 0. The number of benzene rings is 1. The van der Waals surface area contributed by atoms with E-state index in [4.69, 9.17) is 0 Å². The molecule has 0 aromatic heterocycles. The van der Waals surface area contributed by atoms with Crippen molar-refractivity contribution in [3.63, 3.8) is 0 Å². The van der Waals surface area contributed by atoms with Gasteiger partial charge in [0.1, 0.15) is 0 Å². The first-order valence-electron chi connectivity index (χ1n) is 8.99. The zero-order valence-electron chi connectivity index (χ0n) is 16.9. The van der Waals surface area contributed by atoms with Crippen LogP contribution in [-0.2, 0) is 18.3 Å². The van der Waals surface area contributed by atoms with Crippen molar-refractivity contribution in [1.82, 2.24) is 0 Å². The third kappa shape index (κ3) is 4.67. The first kappa shape index (κ1) is 32.0. The van der Waals surface area contributed by atoms with E-state index in [0.717, 1.165) is 0 Å². The zero-order chi connectivity index (χ0) is 29.0. The smallest absolute Gasteiger partial charge is 0.194 e. The maximum atomic E-state index is 14.4. The number of aryl methyl sites for hydroxylation is 1. The Morgan fingerprint density at radius 1 is 0.528 bits per heavy atom. The third-order valence-corrected chi connectivity index (χ3v) is 4.80. The predicted molar refractivity (Wildman–Crippen MR) is 84.4 cm³/mol. The molecular formula is C18H11F18. The van der Waals surface area contributed by atoms with Gasteiger partial charge < -0.3 is 0 Å². The molecule has 209 valence electrons. The van der Waals surface area contributed by atoms with Crippen molar-refractivity contribution < 1.29 is 79.0 Å². The van der Waals surface area contributed by atoms with Crippen LogP contribution in [0.4, 0.5) is 79.0 Å². The van der Waals surface area contributed by atoms with Crippen LogP contribution in [0.2, 0.25) is 0 Å². The number of halogens is 18. The van der Waals surface area contributed by atoms with Gasteiger partial charge in [0, 0.05) is 11.1 Å². The van der Waals surface area contributed by atoms with Crippen molar-refractivity contribution in [2.24, 2.45) is 0 Å². The van der Waals surface area contributed by atoms with E-state index in [2.05, 4.69) is 6.92 Å². The van der Waals surface area contributed by atoms with Gasteiger partial charge in [-0.3, -0.25) is 0 Å². The minimum absolute atomic E-state index is 0.216. The fourth-order valence-electron chi connectivity index (χ4n) is 2.70. The summed E-state index contributed by atoms with van der Waals surface area (Å²) in [6, 6.07) is -1.94. The molecule has 1 radical (unpaired) electrons. The molecule has 36 heavy (non-hydrogen) atoms. The Morgan fingerprint density at radius 2 is 0.917 bits per heavy atom. The summed E-state index contributed by atoms with van der Waals surface area (Å²) in [5, 5.41) is 0. The molecule has 0 saturated carbocycles. The number of alkyl halides is 18. The van der Waals surface area contributed by atoms with Gasteiger partial charge in [0.25, 0.3) is 0 Å². The van der Waals surface area contributed by atoms with Crippen LogP contribution in [0.3, 0.4) is 0 Å². The van der Waals surface area contributed by atoms with Gasteiger partial charge in [-0.2, -0.15) is 79.0 Å². The molecular weight excluding hydrogens is 558 g/mol. The van der Waals surface area contributed by atoms with Crippen LogP contribution in [-0.4, -0.2) is 36.0 Å². The highest BCUT2D eigenvalue weighted by Crippen LogP contribution is 2.59. The number of rotatable bonds is 9. The SMILES string of the molecule is [CH2]CCCc1ccc(C(F)(F)C(F)(F)C(F)(F)C(F)(F)F)cc1C(F)(F)C(F)(F)C(F)(F)C(F)(F)F. The Labute approximate surface area is 189 Å². The quantitative estimate of drug-likeness (QED) is 0.261. The van der Waals surface area contributed by atoms with Gasteiger partial charge in [0.2, 0.25) is 0 Å². The van der Waals surface area contributed by atoms with Crippen LogP contribution in [0.15, 0.2) is 18.2 Å². The van der Waals surface area contributed by atoms with Gasteiger partial charge in [-0.25, -0.2) is 0 Å². The van der Waals surface area contributed by atoms with Crippen molar-refractivity contribution in [2.75, 3.05) is 0 Å². The number of unbranched alkanes of at least 4 members (excludes halogenated alkanes) is 1. The lowest BCUT2D eigenvalue weighted by Crippen LogP contribution is -2.60. The van der Waals surface area contributed by atoms with Crippen molar-refractivity contribution in [3.05, 3.63) is 41.8 Å². The molecule has 18 heteroatoms. The summed E-state index contributed by atoms with van der Waals surface area (Å²) in [4.78, 5) is 0. The van der Waals surface area contributed by atoms with E-state index >= 15 is 0 Å². The molecule has 0 nitrogen and oxygen atoms in total. The van der Waals surface area contributed by atoms with Crippen LogP contribution < -0.4 is 0 Å². The molecule has 0 bridgehead atoms. The van der Waals surface area contributed by atoms with Crippen LogP contribution in [0, 0.1) is 6.92 Å². The molecule has 0 amide bonds. The first-order valence-corrected chi connectivity index (χ1v) is 8.99. The highest BCUT2D eigenvalue weighted by atomic mass is 19.4. The van der Waals surface area contributed by atoms with Crippen molar-refractivity contribution in [1.29, 1.82) is 0 Å². The second-order valence-corrected chi connectivity index (χ2v) is 7.27. The largest absolute Gasteiger partial charge is 0.460 e. The van der Waals surface area contributed by atoms with E-state index in [1.165, 1.54) is 0 Å². The summed E-state index contributed by atoms with van der Waals surface area (Å²) in [5.41, 5.74) is -7.21. The third-order valence-electron chi connectivity index (χ3n) is 4.80. The molecule has 1 rings (SSSR count). The second kappa shape index (κ2) is 9.06. The van der Waals surface area contributed by atoms with Gasteiger partial charge in [-0.1, -0.05) is 25.5 Å². The summed E-state index contributed by atoms with van der Waals surface area (Å²) in [6.45, 7) is 3.14. The summed E-state index contributed by atoms with van der Waals surface area (Å²) < 4.78 is 239. The molecule has 0 fully saturated rings. The average molecular weight is 569 g/mol. The van der Waals surface area contributed by atoms with Gasteiger partial charge >= 0.3 is 47.9 Å². The van der Waals surface area contributed by atoms with E-state index in [0.29, 0.717) is 0 Å². The summed E-state index contributed by atoms with van der Waals surface area (Å²) in [5.74, 6) is -43.6. The molecule has 0 saturated heterocycles. The Balaban J connectivity index is 3.94. The van der Waals surface area contributed by atoms with Gasteiger partial charge in [-0.15, -0.1) is 0 Å². The van der Waals surface area contributed by atoms with E-state index in [9.17, 15) is 79.0 Å². The summed E-state index contributed by atoms with van der Waals surface area (Å²) in [7, 11) is 0. The molecule has 0 aliphatic carbocycles. The fraction of sp³-hybridized carbons (Fsp3) is 0.611. The summed E-state index contributed by atoms with van der Waals surface area (Å²) >= 11 is 0. The van der Waals surface area contributed by atoms with Gasteiger partial charge in [0.15, 0.2) is 0 Å². The fourth-order valence-corrected chi connectivity index (χ4v) is 2.70. The first-order chi connectivity index (χ1) is 15.7. The van der Waals surface area contributed by atoms with Crippen molar-refractivity contribution in [2.45, 2.75) is 67.2 Å².